The van der Waals surface area contributed by atoms with Gasteiger partial charge in [-0.1, -0.05) is 35.9 Å². The molecule has 0 radical (unpaired) electrons. The Bertz CT molecular complexity index is 2330. The highest BCUT2D eigenvalue weighted by Crippen LogP contribution is 2.46. The van der Waals surface area contributed by atoms with E-state index in [1.165, 1.54) is 76.9 Å². The SMILES string of the molecule is COCP(=O)(N[C@@H](C)C(=O)O)Oc1cc(COC(=O)NC(=O)c2cc3c(Oc4ccc(NC(=O)Oc5ccccc5)c(Cl)c4)ccnc3cc2OC)ccc1OC. The van der Waals surface area contributed by atoms with Gasteiger partial charge in [0.05, 0.1) is 36.0 Å². The van der Waals surface area contributed by atoms with Crippen LogP contribution in [0, 0.1) is 0 Å². The van der Waals surface area contributed by atoms with Gasteiger partial charge in [0.25, 0.3) is 5.91 Å². The van der Waals surface area contributed by atoms with E-state index in [0.29, 0.717) is 28.0 Å². The molecule has 1 aromatic heterocycles. The molecule has 17 nitrogen and oxygen atoms in total. The molecule has 0 saturated heterocycles. The Labute approximate surface area is 330 Å². The second-order valence-electron chi connectivity index (χ2n) is 11.8. The van der Waals surface area contributed by atoms with E-state index in [4.69, 9.17) is 44.5 Å². The van der Waals surface area contributed by atoms with Crippen LogP contribution in [-0.2, 0) is 25.4 Å². The highest BCUT2D eigenvalue weighted by molar-refractivity contribution is 7.57. The van der Waals surface area contributed by atoms with Gasteiger partial charge in [-0.3, -0.25) is 29.8 Å². The smallest absolute Gasteiger partial charge is 0.417 e. The van der Waals surface area contributed by atoms with Crippen molar-refractivity contribution in [1.82, 2.24) is 15.4 Å². The minimum Gasteiger partial charge on any atom is -0.496 e. The Balaban J connectivity index is 1.27. The number of anilines is 1. The summed E-state index contributed by atoms with van der Waals surface area (Å²) < 4.78 is 51.4. The molecule has 1 heterocycles. The average Bonchev–Trinajstić information content (AvgIpc) is 3.18. The van der Waals surface area contributed by atoms with Crippen molar-refractivity contribution in [2.45, 2.75) is 19.6 Å². The van der Waals surface area contributed by atoms with Gasteiger partial charge in [0.15, 0.2) is 11.5 Å². The second-order valence-corrected chi connectivity index (χ2v) is 14.3. The summed E-state index contributed by atoms with van der Waals surface area (Å²) in [5.41, 5.74) is 0.965. The van der Waals surface area contributed by atoms with Crippen molar-refractivity contribution in [3.8, 4) is 34.5 Å². The van der Waals surface area contributed by atoms with Crippen LogP contribution >= 0.6 is 19.1 Å². The molecule has 2 atom stereocenters. The molecule has 57 heavy (non-hydrogen) atoms. The first kappa shape index (κ1) is 41.8. The standard InChI is InChI=1S/C38H36ClN4O13P/c1-22(36(45)46)43-57(49,21-50-2)56-34-16-23(10-13-32(34)51-3)20-53-37(47)42-35(44)27-18-26-30(19-33(27)52-4)40-15-14-31(26)54-25-11-12-29(28(39)17-25)41-38(48)55-24-8-6-5-7-9-24/h5-19,22H,20-21H2,1-4H3,(H,41,48)(H,43,49)(H,45,46)(H,42,44,47)/t22-,57?/m0/s1. The van der Waals surface area contributed by atoms with Gasteiger partial charge in [-0.05, 0) is 61.0 Å². The highest BCUT2D eigenvalue weighted by Gasteiger charge is 2.31. The molecular weight excluding hydrogens is 787 g/mol. The summed E-state index contributed by atoms with van der Waals surface area (Å²) in [4.78, 5) is 54.3. The fourth-order valence-corrected chi connectivity index (χ4v) is 7.00. The summed E-state index contributed by atoms with van der Waals surface area (Å²) in [5.74, 6) is -1.01. The summed E-state index contributed by atoms with van der Waals surface area (Å²) in [5, 5.41) is 17.0. The fraction of sp³-hybridized carbons (Fsp3) is 0.184. The Morgan fingerprint density at radius 2 is 1.60 bits per heavy atom. The van der Waals surface area contributed by atoms with Crippen molar-refractivity contribution in [1.29, 1.82) is 0 Å². The van der Waals surface area contributed by atoms with Crippen molar-refractivity contribution in [3.05, 3.63) is 107 Å². The Morgan fingerprint density at radius 1 is 0.842 bits per heavy atom. The highest BCUT2D eigenvalue weighted by atomic mass is 35.5. The van der Waals surface area contributed by atoms with Crippen molar-refractivity contribution in [3.63, 3.8) is 0 Å². The number of pyridine rings is 1. The van der Waals surface area contributed by atoms with Gasteiger partial charge in [0.1, 0.15) is 42.0 Å². The number of rotatable bonds is 16. The number of alkyl carbamates (subject to hydrolysis) is 1. The lowest BCUT2D eigenvalue weighted by molar-refractivity contribution is -0.138. The molecule has 0 spiro atoms. The number of imide groups is 1. The number of amides is 3. The fourth-order valence-electron chi connectivity index (χ4n) is 5.10. The molecule has 0 aliphatic rings. The van der Waals surface area contributed by atoms with E-state index in [0.717, 1.165) is 0 Å². The second kappa shape index (κ2) is 19.0. The van der Waals surface area contributed by atoms with Crippen LogP contribution < -0.4 is 39.2 Å². The molecule has 0 saturated carbocycles. The molecular formula is C38H36ClN4O13P. The predicted molar refractivity (Wildman–Crippen MR) is 207 cm³/mol. The summed E-state index contributed by atoms with van der Waals surface area (Å²) in [6, 6.07) is 20.7. The molecule has 3 amide bonds. The molecule has 0 bridgehead atoms. The number of hydrogen-bond acceptors (Lipinski definition) is 13. The van der Waals surface area contributed by atoms with Crippen LogP contribution in [0.3, 0.4) is 0 Å². The maximum absolute atomic E-state index is 13.4. The number of nitrogens with one attached hydrogen (secondary N) is 3. The monoisotopic (exact) mass is 822 g/mol. The minimum absolute atomic E-state index is 0.0495. The average molecular weight is 823 g/mol. The third-order valence-corrected chi connectivity index (χ3v) is 9.93. The number of carbonyl (C=O) groups is 4. The van der Waals surface area contributed by atoms with Crippen LogP contribution in [0.2, 0.25) is 5.02 Å². The molecule has 4 N–H and O–H groups in total. The number of halogens is 1. The zero-order valence-electron chi connectivity index (χ0n) is 30.8. The van der Waals surface area contributed by atoms with E-state index in [1.54, 1.807) is 42.5 Å². The Kier molecular flexibility index (Phi) is 13.9. The Morgan fingerprint density at radius 3 is 2.28 bits per heavy atom. The van der Waals surface area contributed by atoms with Crippen LogP contribution in [0.5, 0.6) is 34.5 Å². The third kappa shape index (κ3) is 11.1. The first-order valence-corrected chi connectivity index (χ1v) is 18.9. The third-order valence-electron chi connectivity index (χ3n) is 7.75. The lowest BCUT2D eigenvalue weighted by Gasteiger charge is -2.23. The number of para-hydroxylation sites is 1. The first-order valence-electron chi connectivity index (χ1n) is 16.7. The van der Waals surface area contributed by atoms with E-state index in [1.807, 2.05) is 0 Å². The summed E-state index contributed by atoms with van der Waals surface area (Å²) >= 11 is 6.44. The van der Waals surface area contributed by atoms with E-state index in [-0.39, 0.29) is 45.9 Å². The zero-order valence-corrected chi connectivity index (χ0v) is 32.4. The van der Waals surface area contributed by atoms with Crippen molar-refractivity contribution in [2.24, 2.45) is 0 Å². The molecule has 0 aliphatic heterocycles. The summed E-state index contributed by atoms with van der Waals surface area (Å²) in [6.45, 7) is 0.923. The van der Waals surface area contributed by atoms with Crippen LogP contribution in [0.1, 0.15) is 22.8 Å². The summed E-state index contributed by atoms with van der Waals surface area (Å²) in [7, 11) is 0.0424. The normalized spacial score (nSPS) is 12.4. The molecule has 19 heteroatoms. The predicted octanol–water partition coefficient (Wildman–Crippen LogP) is 7.61. The van der Waals surface area contributed by atoms with Gasteiger partial charge in [-0.25, -0.2) is 14.7 Å². The summed E-state index contributed by atoms with van der Waals surface area (Å²) in [6.07, 6.45) is -0.823. The van der Waals surface area contributed by atoms with Crippen LogP contribution in [0.15, 0.2) is 91.1 Å². The number of benzene rings is 4. The van der Waals surface area contributed by atoms with Gasteiger partial charge in [0, 0.05) is 30.8 Å². The quantitative estimate of drug-likeness (QED) is 0.0704. The van der Waals surface area contributed by atoms with Crippen LogP contribution in [0.25, 0.3) is 10.9 Å². The number of aromatic nitrogens is 1. The van der Waals surface area contributed by atoms with E-state index in [9.17, 15) is 28.8 Å². The number of carboxylic acid groups (broad SMARTS) is 1. The molecule has 5 aromatic rings. The van der Waals surface area contributed by atoms with Gasteiger partial charge >= 0.3 is 25.7 Å². The number of carbonyl (C=O) groups excluding carboxylic acids is 3. The lowest BCUT2D eigenvalue weighted by atomic mass is 10.1. The number of hydrogen-bond donors (Lipinski definition) is 4. The molecule has 4 aromatic carbocycles. The lowest BCUT2D eigenvalue weighted by Crippen LogP contribution is -2.33. The number of methoxy groups -OCH3 is 3. The number of aliphatic carboxylic acids is 1. The molecule has 298 valence electrons. The van der Waals surface area contributed by atoms with Crippen molar-refractivity contribution >= 4 is 59.8 Å². The molecule has 5 rings (SSSR count). The topological polar surface area (TPSA) is 219 Å². The number of fused-ring (bicyclic) bond motifs is 1. The zero-order chi connectivity index (χ0) is 41.1. The first-order chi connectivity index (χ1) is 27.3. The maximum Gasteiger partial charge on any atom is 0.417 e. The van der Waals surface area contributed by atoms with Gasteiger partial charge in [-0.15, -0.1) is 0 Å². The van der Waals surface area contributed by atoms with E-state index >= 15 is 0 Å². The van der Waals surface area contributed by atoms with E-state index < -0.39 is 44.0 Å². The van der Waals surface area contributed by atoms with Gasteiger partial charge in [-0.2, -0.15) is 0 Å². The van der Waals surface area contributed by atoms with E-state index in [2.05, 4.69) is 20.7 Å². The van der Waals surface area contributed by atoms with Gasteiger partial charge < -0.3 is 38.1 Å². The number of ether oxygens (including phenoxy) is 6. The molecule has 0 aliphatic carbocycles. The largest absolute Gasteiger partial charge is 0.496 e. The Hall–Kier alpha value is -6.39. The molecule has 1 unspecified atom stereocenters. The maximum atomic E-state index is 13.4. The van der Waals surface area contributed by atoms with Crippen molar-refractivity contribution < 1.29 is 61.8 Å². The minimum atomic E-state index is -3.92. The number of carboxylic acids is 1. The van der Waals surface area contributed by atoms with Crippen LogP contribution in [0.4, 0.5) is 15.3 Å². The van der Waals surface area contributed by atoms with Crippen molar-refractivity contribution in [2.75, 3.05) is 33.0 Å². The number of nitrogens with zero attached hydrogens (tertiary/aromatic N) is 1. The van der Waals surface area contributed by atoms with Crippen LogP contribution in [-0.4, -0.2) is 67.9 Å². The molecule has 0 fully saturated rings. The van der Waals surface area contributed by atoms with Gasteiger partial charge in [0.2, 0.25) is 0 Å².